The number of carbonyl (C=O) groups is 2. The van der Waals surface area contributed by atoms with Crippen molar-refractivity contribution in [2.24, 2.45) is 12.5 Å². The molecule has 8 heteroatoms. The summed E-state index contributed by atoms with van der Waals surface area (Å²) in [5, 5.41) is 22.1. The summed E-state index contributed by atoms with van der Waals surface area (Å²) in [5.41, 5.74) is -0.613. The van der Waals surface area contributed by atoms with Gasteiger partial charge in [-0.1, -0.05) is 18.9 Å². The Hall–Kier alpha value is -1.99. The molecule has 0 saturated heterocycles. The second kappa shape index (κ2) is 4.89. The van der Waals surface area contributed by atoms with Crippen LogP contribution < -0.4 is 5.32 Å². The normalized spacial score (nSPS) is 11.2. The molecule has 0 unspecified atom stereocenters. The number of aromatic nitrogens is 4. The van der Waals surface area contributed by atoms with Gasteiger partial charge in [0.1, 0.15) is 0 Å². The minimum Gasteiger partial charge on any atom is -0.481 e. The molecule has 1 amide bonds. The maximum atomic E-state index is 11.6. The number of nitrogens with one attached hydrogen (secondary N) is 1. The number of carbonyl (C=O) groups excluding carboxylic acids is 1. The maximum absolute atomic E-state index is 11.6. The first kappa shape index (κ1) is 13.1. The predicted molar refractivity (Wildman–Crippen MR) is 58.1 cm³/mol. The van der Waals surface area contributed by atoms with Crippen LogP contribution >= 0.6 is 0 Å². The first-order valence-electron chi connectivity index (χ1n) is 5.04. The molecule has 1 aromatic rings. The molecule has 0 saturated carbocycles. The van der Waals surface area contributed by atoms with Gasteiger partial charge < -0.3 is 5.11 Å². The van der Waals surface area contributed by atoms with Gasteiger partial charge in [0, 0.05) is 6.42 Å². The lowest BCUT2D eigenvalue weighted by molar-refractivity contribution is -0.139. The smallest absolute Gasteiger partial charge is 0.303 e. The average molecular weight is 241 g/mol. The van der Waals surface area contributed by atoms with E-state index in [1.807, 2.05) is 0 Å². The van der Waals surface area contributed by atoms with Crippen molar-refractivity contribution in [1.29, 1.82) is 0 Å². The summed E-state index contributed by atoms with van der Waals surface area (Å²) in [5.74, 6) is -1.15. The van der Waals surface area contributed by atoms with Gasteiger partial charge in [0.15, 0.2) is 0 Å². The molecule has 0 fully saturated rings. The molecule has 94 valence electrons. The first-order valence-corrected chi connectivity index (χ1v) is 5.04. The topological polar surface area (TPSA) is 110 Å². The third-order valence-electron chi connectivity index (χ3n) is 2.03. The second-order valence-electron chi connectivity index (χ2n) is 4.56. The van der Waals surface area contributed by atoms with Crippen molar-refractivity contribution in [1.82, 2.24) is 20.2 Å². The van der Waals surface area contributed by atoms with E-state index in [4.69, 9.17) is 5.11 Å². The van der Waals surface area contributed by atoms with Crippen LogP contribution in [-0.2, 0) is 16.6 Å². The van der Waals surface area contributed by atoms with Crippen LogP contribution in [0.25, 0.3) is 0 Å². The Morgan fingerprint density at radius 1 is 1.41 bits per heavy atom. The summed E-state index contributed by atoms with van der Waals surface area (Å²) in [7, 11) is 1.58. The van der Waals surface area contributed by atoms with Crippen LogP contribution in [-0.4, -0.2) is 37.2 Å². The van der Waals surface area contributed by atoms with E-state index in [1.54, 1.807) is 20.9 Å². The first-order chi connectivity index (χ1) is 7.78. The Balaban J connectivity index is 2.52. The van der Waals surface area contributed by atoms with Gasteiger partial charge in [0.2, 0.25) is 5.91 Å². The average Bonchev–Trinajstić information content (AvgIpc) is 2.46. The number of nitrogens with zero attached hydrogens (tertiary/aromatic N) is 4. The fraction of sp³-hybridized carbons (Fsp3) is 0.667. The number of hydrogen-bond acceptors (Lipinski definition) is 5. The Morgan fingerprint density at radius 3 is 2.53 bits per heavy atom. The molecule has 0 aromatic carbocycles. The molecule has 17 heavy (non-hydrogen) atoms. The summed E-state index contributed by atoms with van der Waals surface area (Å²) < 4.78 is 0. The van der Waals surface area contributed by atoms with Gasteiger partial charge in [-0.25, -0.2) is 0 Å². The monoisotopic (exact) mass is 241 g/mol. The molecule has 0 spiro atoms. The van der Waals surface area contributed by atoms with Crippen molar-refractivity contribution in [2.75, 3.05) is 5.32 Å². The molecule has 0 bridgehead atoms. The molecule has 0 radical (unpaired) electrons. The number of anilines is 1. The third-order valence-corrected chi connectivity index (χ3v) is 2.03. The highest BCUT2D eigenvalue weighted by molar-refractivity contribution is 5.89. The molecular formula is C9H15N5O3. The summed E-state index contributed by atoms with van der Waals surface area (Å²) >= 11 is 0. The van der Waals surface area contributed by atoms with E-state index >= 15 is 0 Å². The van der Waals surface area contributed by atoms with Crippen LogP contribution in [0.2, 0.25) is 0 Å². The SMILES string of the molecule is Cn1nnc(NC(=O)CC(C)(C)CC(=O)O)n1. The number of aryl methyl sites for hydroxylation is 1. The molecular weight excluding hydrogens is 226 g/mol. The van der Waals surface area contributed by atoms with Gasteiger partial charge in [-0.05, 0) is 10.6 Å². The number of carboxylic acid groups (broad SMARTS) is 1. The van der Waals surface area contributed by atoms with Crippen molar-refractivity contribution in [3.05, 3.63) is 0 Å². The zero-order chi connectivity index (χ0) is 13.1. The molecule has 1 rings (SSSR count). The largest absolute Gasteiger partial charge is 0.481 e. The Morgan fingerprint density at radius 2 is 2.06 bits per heavy atom. The van der Waals surface area contributed by atoms with Crippen LogP contribution in [0.15, 0.2) is 0 Å². The van der Waals surface area contributed by atoms with Crippen LogP contribution in [0.1, 0.15) is 26.7 Å². The van der Waals surface area contributed by atoms with E-state index in [1.165, 1.54) is 4.80 Å². The predicted octanol–water partition coefficient (Wildman–Crippen LogP) is 0.0396. The van der Waals surface area contributed by atoms with E-state index in [9.17, 15) is 9.59 Å². The number of aliphatic carboxylic acids is 1. The number of hydrogen-bond donors (Lipinski definition) is 2. The summed E-state index contributed by atoms with van der Waals surface area (Å²) in [4.78, 5) is 23.4. The maximum Gasteiger partial charge on any atom is 0.303 e. The van der Waals surface area contributed by atoms with Crippen molar-refractivity contribution >= 4 is 17.8 Å². The lowest BCUT2D eigenvalue weighted by atomic mass is 9.85. The Kier molecular flexibility index (Phi) is 3.77. The number of amides is 1. The highest BCUT2D eigenvalue weighted by atomic mass is 16.4. The molecule has 0 aliphatic rings. The van der Waals surface area contributed by atoms with Crippen LogP contribution in [0.5, 0.6) is 0 Å². The van der Waals surface area contributed by atoms with E-state index in [2.05, 4.69) is 20.7 Å². The van der Waals surface area contributed by atoms with E-state index in [0.29, 0.717) is 0 Å². The third kappa shape index (κ3) is 4.58. The van der Waals surface area contributed by atoms with Gasteiger partial charge in [-0.3, -0.25) is 14.9 Å². The molecule has 1 heterocycles. The molecule has 0 aliphatic heterocycles. The van der Waals surface area contributed by atoms with Crippen molar-refractivity contribution in [2.45, 2.75) is 26.7 Å². The number of rotatable bonds is 5. The highest BCUT2D eigenvalue weighted by Crippen LogP contribution is 2.25. The van der Waals surface area contributed by atoms with E-state index in [-0.39, 0.29) is 24.7 Å². The van der Waals surface area contributed by atoms with Gasteiger partial charge in [0.05, 0.1) is 13.5 Å². The highest BCUT2D eigenvalue weighted by Gasteiger charge is 2.25. The summed E-state index contributed by atoms with van der Waals surface area (Å²) in [6.45, 7) is 3.43. The van der Waals surface area contributed by atoms with Crippen LogP contribution in [0, 0.1) is 5.41 Å². The fourth-order valence-electron chi connectivity index (χ4n) is 1.41. The quantitative estimate of drug-likeness (QED) is 0.753. The van der Waals surface area contributed by atoms with Crippen LogP contribution in [0.4, 0.5) is 5.95 Å². The lowest BCUT2D eigenvalue weighted by Crippen LogP contribution is -2.25. The summed E-state index contributed by atoms with van der Waals surface area (Å²) in [6, 6.07) is 0. The fourth-order valence-corrected chi connectivity index (χ4v) is 1.41. The minimum absolute atomic E-state index is 0.0751. The molecule has 1 aromatic heterocycles. The number of tetrazole rings is 1. The molecule has 0 atom stereocenters. The molecule has 8 nitrogen and oxygen atoms in total. The second-order valence-corrected chi connectivity index (χ2v) is 4.56. The molecule has 0 aliphatic carbocycles. The minimum atomic E-state index is -0.930. The zero-order valence-corrected chi connectivity index (χ0v) is 9.97. The van der Waals surface area contributed by atoms with Gasteiger partial charge in [0.25, 0.3) is 5.95 Å². The number of carboxylic acids is 1. The van der Waals surface area contributed by atoms with E-state index in [0.717, 1.165) is 0 Å². The van der Waals surface area contributed by atoms with Crippen molar-refractivity contribution < 1.29 is 14.7 Å². The Bertz CT molecular complexity index is 426. The van der Waals surface area contributed by atoms with Gasteiger partial charge in [-0.15, -0.1) is 5.10 Å². The standard InChI is InChI=1S/C9H15N5O3/c1-9(2,5-7(16)17)4-6(15)10-8-11-13-14(3)12-8/h4-5H2,1-3H3,(H,16,17)(H,10,12,15). The Labute approximate surface area is 98.0 Å². The van der Waals surface area contributed by atoms with Gasteiger partial charge in [-0.2, -0.15) is 4.80 Å². The van der Waals surface area contributed by atoms with Crippen LogP contribution in [0.3, 0.4) is 0 Å². The van der Waals surface area contributed by atoms with Crippen molar-refractivity contribution in [3.63, 3.8) is 0 Å². The molecule has 2 N–H and O–H groups in total. The summed E-state index contributed by atoms with van der Waals surface area (Å²) in [6.07, 6.45) is 0.00582. The van der Waals surface area contributed by atoms with Crippen molar-refractivity contribution in [3.8, 4) is 0 Å². The lowest BCUT2D eigenvalue weighted by Gasteiger charge is -2.20. The zero-order valence-electron chi connectivity index (χ0n) is 9.97. The van der Waals surface area contributed by atoms with E-state index < -0.39 is 11.4 Å². The van der Waals surface area contributed by atoms with Gasteiger partial charge >= 0.3 is 5.97 Å².